The topological polar surface area (TPSA) is 78.5 Å². The highest BCUT2D eigenvalue weighted by molar-refractivity contribution is 5.79. The minimum Gasteiger partial charge on any atom is -0.472 e. The van der Waals surface area contributed by atoms with Gasteiger partial charge < -0.3 is 14.8 Å². The molecule has 3 aromatic rings. The minimum absolute atomic E-state index is 0.0109. The van der Waals surface area contributed by atoms with Gasteiger partial charge in [-0.2, -0.15) is 4.98 Å². The average Bonchev–Trinajstić information content (AvgIpc) is 3.04. The molecule has 4 heterocycles. The Kier molecular flexibility index (Phi) is 4.38. The smallest absolute Gasteiger partial charge is 0.245 e. The molecular weight excluding hydrogens is 375 g/mol. The Morgan fingerprint density at radius 2 is 2.07 bits per heavy atom. The Balaban J connectivity index is 1.56. The number of hydrogen-bond donors (Lipinski definition) is 1. The average molecular weight is 394 g/mol. The Hall–Kier alpha value is -3.09. The number of imidazole rings is 1. The second-order valence-corrected chi connectivity index (χ2v) is 7.39. The van der Waals surface area contributed by atoms with E-state index in [4.69, 9.17) is 16.0 Å². The normalized spacial score (nSPS) is 23.7. The summed E-state index contributed by atoms with van der Waals surface area (Å²) in [5.41, 5.74) is 1.49. The number of rotatable bonds is 3. The molecule has 2 atom stereocenters. The lowest BCUT2D eigenvalue weighted by molar-refractivity contribution is -0.0830. The number of hydrogen-bond acceptors (Lipinski definition) is 6. The Labute approximate surface area is 166 Å². The molecule has 0 aliphatic carbocycles. The summed E-state index contributed by atoms with van der Waals surface area (Å²) >= 11 is 0. The summed E-state index contributed by atoms with van der Waals surface area (Å²) in [5.74, 6) is 0.947. The van der Waals surface area contributed by atoms with Crippen LogP contribution < -0.4 is 10.1 Å². The molecule has 2 fully saturated rings. The van der Waals surface area contributed by atoms with Crippen LogP contribution in [0.4, 0.5) is 10.1 Å². The molecular formula is C20H19FN6O2. The van der Waals surface area contributed by atoms with Gasteiger partial charge >= 0.3 is 0 Å². The third kappa shape index (κ3) is 3.01. The van der Waals surface area contributed by atoms with Gasteiger partial charge in [0, 0.05) is 24.9 Å². The van der Waals surface area contributed by atoms with Crippen LogP contribution in [0, 0.1) is 31.1 Å². The van der Waals surface area contributed by atoms with Crippen LogP contribution in [-0.2, 0) is 4.74 Å². The molecule has 0 spiro atoms. The third-order valence-corrected chi connectivity index (χ3v) is 5.53. The maximum atomic E-state index is 14.7. The van der Waals surface area contributed by atoms with E-state index >= 15 is 0 Å². The molecule has 2 aliphatic rings. The zero-order valence-electron chi connectivity index (χ0n) is 15.8. The number of fused-ring (bicyclic) bond motifs is 3. The van der Waals surface area contributed by atoms with Crippen LogP contribution in [0.3, 0.4) is 0 Å². The SMILES string of the molecule is [C-]#[N+]c1ccc(-n2c(C)nc3c(OC4C5CNCC4COC5)ncnc32)c(F)c1. The molecule has 148 valence electrons. The number of benzene rings is 1. The van der Waals surface area contributed by atoms with Crippen molar-refractivity contribution >= 4 is 16.9 Å². The van der Waals surface area contributed by atoms with Crippen molar-refractivity contribution in [1.82, 2.24) is 24.8 Å². The van der Waals surface area contributed by atoms with Crippen LogP contribution in [0.5, 0.6) is 5.88 Å². The van der Waals surface area contributed by atoms with Gasteiger partial charge in [0.2, 0.25) is 5.88 Å². The number of ether oxygens (including phenoxy) is 2. The molecule has 0 radical (unpaired) electrons. The molecule has 2 unspecified atom stereocenters. The Morgan fingerprint density at radius 1 is 1.28 bits per heavy atom. The summed E-state index contributed by atoms with van der Waals surface area (Å²) in [4.78, 5) is 16.5. The highest BCUT2D eigenvalue weighted by Crippen LogP contribution is 2.32. The van der Waals surface area contributed by atoms with Crippen molar-refractivity contribution < 1.29 is 13.9 Å². The van der Waals surface area contributed by atoms with Gasteiger partial charge in [-0.3, -0.25) is 4.57 Å². The van der Waals surface area contributed by atoms with Crippen molar-refractivity contribution in [3.8, 4) is 11.6 Å². The van der Waals surface area contributed by atoms with Gasteiger partial charge in [0.15, 0.2) is 16.9 Å². The number of piperidine rings is 1. The molecule has 5 rings (SSSR count). The lowest BCUT2D eigenvalue weighted by Crippen LogP contribution is -2.56. The highest BCUT2D eigenvalue weighted by atomic mass is 19.1. The molecule has 9 heteroatoms. The zero-order valence-corrected chi connectivity index (χ0v) is 15.8. The quantitative estimate of drug-likeness (QED) is 0.688. The summed E-state index contributed by atoms with van der Waals surface area (Å²) in [6.07, 6.45) is 1.40. The van der Waals surface area contributed by atoms with Gasteiger partial charge in [-0.05, 0) is 19.1 Å². The molecule has 29 heavy (non-hydrogen) atoms. The third-order valence-electron chi connectivity index (χ3n) is 5.53. The Morgan fingerprint density at radius 3 is 2.79 bits per heavy atom. The maximum Gasteiger partial charge on any atom is 0.245 e. The Bertz CT molecular complexity index is 1100. The van der Waals surface area contributed by atoms with Crippen molar-refractivity contribution in [3.05, 3.63) is 47.6 Å². The molecule has 8 nitrogen and oxygen atoms in total. The van der Waals surface area contributed by atoms with Crippen molar-refractivity contribution in [2.24, 2.45) is 11.8 Å². The minimum atomic E-state index is -0.507. The largest absolute Gasteiger partial charge is 0.472 e. The van der Waals surface area contributed by atoms with Gasteiger partial charge in [0.05, 0.1) is 25.5 Å². The van der Waals surface area contributed by atoms with Gasteiger partial charge in [-0.1, -0.05) is 6.07 Å². The van der Waals surface area contributed by atoms with Crippen LogP contribution in [0.25, 0.3) is 21.7 Å². The lowest BCUT2D eigenvalue weighted by Gasteiger charge is -2.41. The molecule has 1 aromatic carbocycles. The lowest BCUT2D eigenvalue weighted by atomic mass is 9.86. The molecule has 1 N–H and O–H groups in total. The van der Waals surface area contributed by atoms with Crippen molar-refractivity contribution in [2.75, 3.05) is 26.3 Å². The van der Waals surface area contributed by atoms with Crippen LogP contribution >= 0.6 is 0 Å². The zero-order chi connectivity index (χ0) is 20.0. The van der Waals surface area contributed by atoms with E-state index in [2.05, 4.69) is 25.1 Å². The first kappa shape index (κ1) is 18.0. The van der Waals surface area contributed by atoms with Crippen LogP contribution in [0.15, 0.2) is 24.5 Å². The molecule has 2 saturated heterocycles. The van der Waals surface area contributed by atoms with E-state index in [0.29, 0.717) is 36.1 Å². The van der Waals surface area contributed by atoms with E-state index in [1.165, 1.54) is 12.4 Å². The molecule has 0 amide bonds. The predicted octanol–water partition coefficient (Wildman–Crippen LogP) is 2.43. The number of aromatic nitrogens is 4. The predicted molar refractivity (Wildman–Crippen MR) is 103 cm³/mol. The maximum absolute atomic E-state index is 14.7. The molecule has 0 saturated carbocycles. The van der Waals surface area contributed by atoms with E-state index < -0.39 is 5.82 Å². The first-order valence-corrected chi connectivity index (χ1v) is 9.48. The fourth-order valence-electron chi connectivity index (χ4n) is 4.17. The summed E-state index contributed by atoms with van der Waals surface area (Å²) in [5, 5.41) is 3.41. The van der Waals surface area contributed by atoms with Crippen LogP contribution in [0.1, 0.15) is 5.82 Å². The van der Waals surface area contributed by atoms with E-state index in [0.717, 1.165) is 13.1 Å². The second kappa shape index (κ2) is 7.06. The summed E-state index contributed by atoms with van der Waals surface area (Å²) in [6.45, 7) is 11.8. The fourth-order valence-corrected chi connectivity index (χ4v) is 4.17. The number of nitrogens with zero attached hydrogens (tertiary/aromatic N) is 5. The van der Waals surface area contributed by atoms with Crippen LogP contribution in [-0.4, -0.2) is 51.9 Å². The monoisotopic (exact) mass is 394 g/mol. The number of aryl methyl sites for hydroxylation is 1. The standard InChI is InChI=1S/C20H19FN6O2/c1-11-26-17-19(27(11)16-4-3-14(22-2)5-15(16)21)24-10-25-20(17)29-18-12-6-23-7-13(18)9-28-8-12/h3-5,10,12-13,18,23H,6-9H2,1H3. The van der Waals surface area contributed by atoms with Crippen LogP contribution in [0.2, 0.25) is 0 Å². The van der Waals surface area contributed by atoms with E-state index in [-0.39, 0.29) is 29.3 Å². The first-order chi connectivity index (χ1) is 14.2. The van der Waals surface area contributed by atoms with Crippen molar-refractivity contribution in [2.45, 2.75) is 13.0 Å². The van der Waals surface area contributed by atoms with Gasteiger partial charge in [0.25, 0.3) is 0 Å². The number of nitrogens with one attached hydrogen (secondary N) is 1. The van der Waals surface area contributed by atoms with Gasteiger partial charge in [0.1, 0.15) is 24.1 Å². The second-order valence-electron chi connectivity index (χ2n) is 7.39. The molecule has 2 aliphatic heterocycles. The van der Waals surface area contributed by atoms with Gasteiger partial charge in [-0.25, -0.2) is 19.2 Å². The summed E-state index contributed by atoms with van der Waals surface area (Å²) in [7, 11) is 0. The fraction of sp³-hybridized carbons (Fsp3) is 0.400. The van der Waals surface area contributed by atoms with Crippen molar-refractivity contribution in [3.63, 3.8) is 0 Å². The summed E-state index contributed by atoms with van der Waals surface area (Å²) in [6, 6.07) is 4.35. The van der Waals surface area contributed by atoms with E-state index in [1.54, 1.807) is 23.6 Å². The molecule has 2 aromatic heterocycles. The summed E-state index contributed by atoms with van der Waals surface area (Å²) < 4.78 is 28.3. The van der Waals surface area contributed by atoms with Crippen molar-refractivity contribution in [1.29, 1.82) is 0 Å². The van der Waals surface area contributed by atoms with E-state index in [1.807, 2.05) is 0 Å². The van der Waals surface area contributed by atoms with E-state index in [9.17, 15) is 4.39 Å². The highest BCUT2D eigenvalue weighted by Gasteiger charge is 2.39. The van der Waals surface area contributed by atoms with Gasteiger partial charge in [-0.15, -0.1) is 0 Å². The number of halogens is 1. The first-order valence-electron chi connectivity index (χ1n) is 9.48. The molecule has 2 bridgehead atoms.